The molecule has 0 aliphatic rings. The Bertz CT molecular complexity index is 658. The van der Waals surface area contributed by atoms with Crippen LogP contribution in [0.15, 0.2) is 60.7 Å². The van der Waals surface area contributed by atoms with E-state index in [1.54, 1.807) is 0 Å². The number of rotatable bonds is 6. The van der Waals surface area contributed by atoms with Gasteiger partial charge in [0.15, 0.2) is 0 Å². The molecule has 126 valence electrons. The number of carbonyl (C=O) groups excluding carboxylic acids is 2. The molecule has 0 radical (unpaired) electrons. The molecule has 0 heterocycles. The Morgan fingerprint density at radius 3 is 2.04 bits per heavy atom. The largest absolute Gasteiger partial charge is 0.459 e. The van der Waals surface area contributed by atoms with Crippen LogP contribution in [-0.4, -0.2) is 37.2 Å². The highest BCUT2D eigenvalue weighted by Crippen LogP contribution is 2.12. The van der Waals surface area contributed by atoms with Crippen LogP contribution in [0.4, 0.5) is 4.79 Å². The summed E-state index contributed by atoms with van der Waals surface area (Å²) in [5.41, 5.74) is 1.83. The fourth-order valence-electron chi connectivity index (χ4n) is 2.31. The van der Waals surface area contributed by atoms with Crippen LogP contribution < -0.4 is 0 Å². The van der Waals surface area contributed by atoms with E-state index in [1.165, 1.54) is 19.1 Å². The molecule has 0 aromatic heterocycles. The Hall–Kier alpha value is -2.82. The summed E-state index contributed by atoms with van der Waals surface area (Å²) in [6.45, 7) is 0.167. The number of benzene rings is 2. The smallest absolute Gasteiger partial charge is 0.409 e. The van der Waals surface area contributed by atoms with Gasteiger partial charge in [0.25, 0.3) is 0 Å². The summed E-state index contributed by atoms with van der Waals surface area (Å²) in [5, 5.41) is 0. The molecule has 0 saturated heterocycles. The van der Waals surface area contributed by atoms with Gasteiger partial charge in [0.05, 0.1) is 7.11 Å². The number of esters is 1. The Labute approximate surface area is 141 Å². The fraction of sp³-hybridized carbons (Fsp3) is 0.263. The van der Waals surface area contributed by atoms with E-state index in [9.17, 15) is 9.59 Å². The molecule has 5 nitrogen and oxygen atoms in total. The van der Waals surface area contributed by atoms with Gasteiger partial charge in [-0.15, -0.1) is 0 Å². The van der Waals surface area contributed by atoms with Crippen molar-refractivity contribution in [3.05, 3.63) is 71.8 Å². The summed E-state index contributed by atoms with van der Waals surface area (Å²) < 4.78 is 10.1. The van der Waals surface area contributed by atoms with E-state index in [1.807, 2.05) is 60.7 Å². The maximum Gasteiger partial charge on any atom is 0.409 e. The third-order valence-corrected chi connectivity index (χ3v) is 3.70. The number of nitrogens with zero attached hydrogens (tertiary/aromatic N) is 1. The molecule has 0 bridgehead atoms. The van der Waals surface area contributed by atoms with Gasteiger partial charge in [-0.05, 0) is 11.1 Å². The van der Waals surface area contributed by atoms with E-state index in [4.69, 9.17) is 9.47 Å². The third kappa shape index (κ3) is 4.84. The Kier molecular flexibility index (Phi) is 6.37. The molecule has 1 atom stereocenters. The van der Waals surface area contributed by atoms with Crippen molar-refractivity contribution in [3.8, 4) is 0 Å². The molecule has 1 amide bonds. The molecule has 2 rings (SSSR count). The van der Waals surface area contributed by atoms with E-state index in [0.29, 0.717) is 6.42 Å². The first-order chi connectivity index (χ1) is 11.6. The van der Waals surface area contributed by atoms with Gasteiger partial charge < -0.3 is 9.47 Å². The lowest BCUT2D eigenvalue weighted by molar-refractivity contribution is -0.150. The minimum atomic E-state index is -0.747. The molecule has 0 aliphatic heterocycles. The summed E-state index contributed by atoms with van der Waals surface area (Å²) in [4.78, 5) is 25.6. The summed E-state index contributed by atoms with van der Waals surface area (Å²) in [6.07, 6.45) is -0.215. The average molecular weight is 327 g/mol. The molecule has 24 heavy (non-hydrogen) atoms. The number of amides is 1. The van der Waals surface area contributed by atoms with Crippen molar-refractivity contribution in [1.29, 1.82) is 0 Å². The summed E-state index contributed by atoms with van der Waals surface area (Å²) in [6, 6.07) is 18.2. The van der Waals surface area contributed by atoms with Crippen LogP contribution in [0.1, 0.15) is 11.1 Å². The van der Waals surface area contributed by atoms with Crippen LogP contribution in [0.5, 0.6) is 0 Å². The van der Waals surface area contributed by atoms with Crippen molar-refractivity contribution in [2.75, 3.05) is 14.2 Å². The number of methoxy groups -OCH3 is 1. The second kappa shape index (κ2) is 8.72. The average Bonchev–Trinajstić information content (AvgIpc) is 2.64. The molecule has 0 spiro atoms. The highest BCUT2D eigenvalue weighted by atomic mass is 16.6. The van der Waals surface area contributed by atoms with Crippen molar-refractivity contribution in [3.63, 3.8) is 0 Å². The number of ether oxygens (including phenoxy) is 2. The molecule has 2 aromatic carbocycles. The van der Waals surface area contributed by atoms with Crippen molar-refractivity contribution >= 4 is 12.1 Å². The van der Waals surface area contributed by atoms with E-state index >= 15 is 0 Å². The lowest BCUT2D eigenvalue weighted by atomic mass is 10.1. The van der Waals surface area contributed by atoms with Gasteiger partial charge in [0.2, 0.25) is 0 Å². The first-order valence-electron chi connectivity index (χ1n) is 7.67. The molecule has 5 heteroatoms. The second-order valence-electron chi connectivity index (χ2n) is 5.38. The quantitative estimate of drug-likeness (QED) is 0.765. The SMILES string of the molecule is COC(=O)N(C)[C@@H](Cc1ccccc1)C(=O)OCc1ccccc1. The fourth-order valence-corrected chi connectivity index (χ4v) is 2.31. The lowest BCUT2D eigenvalue weighted by Crippen LogP contribution is -2.44. The highest BCUT2D eigenvalue weighted by Gasteiger charge is 2.29. The molecule has 0 unspecified atom stereocenters. The first-order valence-corrected chi connectivity index (χ1v) is 7.67. The minimum absolute atomic E-state index is 0.167. The van der Waals surface area contributed by atoms with Crippen LogP contribution in [0.2, 0.25) is 0 Å². The summed E-state index contributed by atoms with van der Waals surface area (Å²) in [7, 11) is 2.82. The number of hydrogen-bond acceptors (Lipinski definition) is 4. The van der Waals surface area contributed by atoms with E-state index in [-0.39, 0.29) is 6.61 Å². The van der Waals surface area contributed by atoms with Gasteiger partial charge >= 0.3 is 12.1 Å². The van der Waals surface area contributed by atoms with Crippen LogP contribution in [0.3, 0.4) is 0 Å². The normalized spacial score (nSPS) is 11.4. The molecule has 0 fully saturated rings. The van der Waals surface area contributed by atoms with Crippen LogP contribution in [0, 0.1) is 0 Å². The molecular weight excluding hydrogens is 306 g/mol. The van der Waals surface area contributed by atoms with E-state index in [0.717, 1.165) is 11.1 Å². The van der Waals surface area contributed by atoms with Gasteiger partial charge in [-0.2, -0.15) is 0 Å². The third-order valence-electron chi connectivity index (χ3n) is 3.70. The van der Waals surface area contributed by atoms with Crippen LogP contribution in [0.25, 0.3) is 0 Å². The van der Waals surface area contributed by atoms with Gasteiger partial charge in [-0.3, -0.25) is 4.90 Å². The number of hydrogen-bond donors (Lipinski definition) is 0. The number of likely N-dealkylation sites (N-methyl/N-ethyl adjacent to an activating group) is 1. The zero-order valence-electron chi connectivity index (χ0n) is 13.8. The standard InChI is InChI=1S/C19H21NO4/c1-20(19(22)23-2)17(13-15-9-5-3-6-10-15)18(21)24-14-16-11-7-4-8-12-16/h3-12,17H,13-14H2,1-2H3/t17-/m0/s1. The van der Waals surface area contributed by atoms with Gasteiger partial charge in [0.1, 0.15) is 12.6 Å². The Morgan fingerprint density at radius 2 is 1.50 bits per heavy atom. The van der Waals surface area contributed by atoms with Crippen LogP contribution >= 0.6 is 0 Å². The van der Waals surface area contributed by atoms with Crippen molar-refractivity contribution < 1.29 is 19.1 Å². The number of carbonyl (C=O) groups is 2. The Morgan fingerprint density at radius 1 is 0.958 bits per heavy atom. The zero-order chi connectivity index (χ0) is 17.4. The highest BCUT2D eigenvalue weighted by molar-refractivity contribution is 5.81. The maximum absolute atomic E-state index is 12.5. The van der Waals surface area contributed by atoms with Crippen LogP contribution in [-0.2, 0) is 27.3 Å². The minimum Gasteiger partial charge on any atom is -0.459 e. The van der Waals surface area contributed by atoms with Gasteiger partial charge in [-0.1, -0.05) is 60.7 Å². The monoisotopic (exact) mass is 327 g/mol. The predicted molar refractivity (Wildman–Crippen MR) is 90.3 cm³/mol. The topological polar surface area (TPSA) is 55.8 Å². The zero-order valence-corrected chi connectivity index (χ0v) is 13.8. The van der Waals surface area contributed by atoms with Crippen molar-refractivity contribution in [1.82, 2.24) is 4.90 Å². The predicted octanol–water partition coefficient (Wildman–Crippen LogP) is 3.04. The summed E-state index contributed by atoms with van der Waals surface area (Å²) in [5.74, 6) is -0.462. The molecule has 2 aromatic rings. The lowest BCUT2D eigenvalue weighted by Gasteiger charge is -2.25. The van der Waals surface area contributed by atoms with E-state index in [2.05, 4.69) is 0 Å². The van der Waals surface area contributed by atoms with Gasteiger partial charge in [-0.25, -0.2) is 9.59 Å². The van der Waals surface area contributed by atoms with E-state index < -0.39 is 18.1 Å². The second-order valence-corrected chi connectivity index (χ2v) is 5.38. The maximum atomic E-state index is 12.5. The molecular formula is C19H21NO4. The van der Waals surface area contributed by atoms with Gasteiger partial charge in [0, 0.05) is 13.5 Å². The van der Waals surface area contributed by atoms with Crippen molar-refractivity contribution in [2.24, 2.45) is 0 Å². The Balaban J connectivity index is 2.08. The van der Waals surface area contributed by atoms with Crippen molar-refractivity contribution in [2.45, 2.75) is 19.1 Å². The molecule has 0 saturated carbocycles. The molecule has 0 N–H and O–H groups in total. The molecule has 0 aliphatic carbocycles. The summed E-state index contributed by atoms with van der Waals surface area (Å²) >= 11 is 0. The first kappa shape index (κ1) is 17.5.